The first-order chi connectivity index (χ1) is 10.1. The van der Waals surface area contributed by atoms with E-state index >= 15 is 0 Å². The van der Waals surface area contributed by atoms with Gasteiger partial charge in [-0.05, 0) is 43.5 Å². The van der Waals surface area contributed by atoms with E-state index in [1.54, 1.807) is 12.1 Å². The van der Waals surface area contributed by atoms with Crippen LogP contribution in [0.2, 0.25) is 0 Å². The fraction of sp³-hybridized carbons (Fsp3) is 0.533. The van der Waals surface area contributed by atoms with Gasteiger partial charge in [0, 0.05) is 52.8 Å². The van der Waals surface area contributed by atoms with Crippen LogP contribution >= 0.6 is 0 Å². The third kappa shape index (κ3) is 4.82. The molecule has 116 valence electrons. The number of hydrogen-bond acceptors (Lipinski definition) is 4. The van der Waals surface area contributed by atoms with Gasteiger partial charge in [0.15, 0.2) is 0 Å². The SMILES string of the molecule is Cc1cc(N)ccc1NC(=O)CCS(=O)C1CCOCC1. The summed E-state index contributed by atoms with van der Waals surface area (Å²) < 4.78 is 17.4. The molecule has 1 fully saturated rings. The number of nitrogens with one attached hydrogen (secondary N) is 1. The van der Waals surface area contributed by atoms with Gasteiger partial charge in [0.25, 0.3) is 0 Å². The Morgan fingerprint density at radius 3 is 2.81 bits per heavy atom. The topological polar surface area (TPSA) is 81.4 Å². The summed E-state index contributed by atoms with van der Waals surface area (Å²) in [4.78, 5) is 11.9. The molecule has 0 radical (unpaired) electrons. The van der Waals surface area contributed by atoms with Gasteiger partial charge in [-0.15, -0.1) is 0 Å². The zero-order chi connectivity index (χ0) is 15.2. The average Bonchev–Trinajstić information content (AvgIpc) is 2.48. The molecule has 3 N–H and O–H groups in total. The Bertz CT molecular complexity index is 528. The molecule has 0 aromatic heterocycles. The lowest BCUT2D eigenvalue weighted by Gasteiger charge is -2.21. The molecule has 5 nitrogen and oxygen atoms in total. The predicted octanol–water partition coefficient (Wildman–Crippen LogP) is 1.83. The van der Waals surface area contributed by atoms with Gasteiger partial charge in [-0.25, -0.2) is 0 Å². The van der Waals surface area contributed by atoms with Gasteiger partial charge < -0.3 is 15.8 Å². The molecule has 1 saturated heterocycles. The van der Waals surface area contributed by atoms with E-state index in [1.165, 1.54) is 0 Å². The molecule has 1 atom stereocenters. The molecule has 1 heterocycles. The third-order valence-electron chi connectivity index (χ3n) is 3.59. The second-order valence-corrected chi connectivity index (χ2v) is 7.11. The van der Waals surface area contributed by atoms with Crippen molar-refractivity contribution in [2.45, 2.75) is 31.4 Å². The highest BCUT2D eigenvalue weighted by Crippen LogP contribution is 2.18. The summed E-state index contributed by atoms with van der Waals surface area (Å²) >= 11 is 0. The smallest absolute Gasteiger partial charge is 0.225 e. The minimum absolute atomic E-state index is 0.108. The van der Waals surface area contributed by atoms with Crippen molar-refractivity contribution < 1.29 is 13.7 Å². The second-order valence-electron chi connectivity index (χ2n) is 5.27. The Hall–Kier alpha value is -1.40. The van der Waals surface area contributed by atoms with Gasteiger partial charge in [-0.3, -0.25) is 9.00 Å². The van der Waals surface area contributed by atoms with Crippen LogP contribution in [0.4, 0.5) is 11.4 Å². The first-order valence-electron chi connectivity index (χ1n) is 7.17. The molecule has 0 bridgehead atoms. The summed E-state index contributed by atoms with van der Waals surface area (Å²) in [7, 11) is -0.955. The quantitative estimate of drug-likeness (QED) is 0.813. The molecule has 1 aliphatic rings. The van der Waals surface area contributed by atoms with Crippen molar-refractivity contribution >= 4 is 28.1 Å². The standard InChI is InChI=1S/C15H22N2O3S/c1-11-10-12(16)2-3-14(11)17-15(18)6-9-21(19)13-4-7-20-8-5-13/h2-3,10,13H,4-9,16H2,1H3,(H,17,18). The Morgan fingerprint density at radius 1 is 1.43 bits per heavy atom. The molecule has 1 aromatic carbocycles. The third-order valence-corrected chi connectivity index (χ3v) is 5.42. The van der Waals surface area contributed by atoms with Crippen molar-refractivity contribution in [2.75, 3.05) is 30.0 Å². The van der Waals surface area contributed by atoms with Crippen molar-refractivity contribution in [3.8, 4) is 0 Å². The highest BCUT2D eigenvalue weighted by atomic mass is 32.2. The number of rotatable bonds is 5. The molecule has 6 heteroatoms. The number of nitrogen functional groups attached to an aromatic ring is 1. The zero-order valence-corrected chi connectivity index (χ0v) is 13.1. The van der Waals surface area contributed by atoms with E-state index in [1.807, 2.05) is 13.0 Å². The number of hydrogen-bond donors (Lipinski definition) is 2. The normalized spacial score (nSPS) is 17.4. The molecule has 1 aliphatic heterocycles. The van der Waals surface area contributed by atoms with Gasteiger partial charge in [0.1, 0.15) is 0 Å². The van der Waals surface area contributed by atoms with Crippen molar-refractivity contribution in [2.24, 2.45) is 0 Å². The fourth-order valence-electron chi connectivity index (χ4n) is 2.34. The maximum absolute atomic E-state index is 12.1. The van der Waals surface area contributed by atoms with E-state index in [2.05, 4.69) is 5.32 Å². The van der Waals surface area contributed by atoms with Crippen LogP contribution in [-0.4, -0.2) is 34.3 Å². The number of carbonyl (C=O) groups excluding carboxylic acids is 1. The van der Waals surface area contributed by atoms with E-state index in [0.717, 1.165) is 24.1 Å². The van der Waals surface area contributed by atoms with Crippen LogP contribution in [0, 0.1) is 6.92 Å². The minimum Gasteiger partial charge on any atom is -0.399 e. The Labute approximate surface area is 127 Å². The lowest BCUT2D eigenvalue weighted by Crippen LogP contribution is -2.27. The van der Waals surface area contributed by atoms with Crippen LogP contribution in [-0.2, 0) is 20.3 Å². The van der Waals surface area contributed by atoms with E-state index in [9.17, 15) is 9.00 Å². The molecule has 2 rings (SSSR count). The number of carbonyl (C=O) groups is 1. The number of aryl methyl sites for hydroxylation is 1. The number of ether oxygens (including phenoxy) is 1. The lowest BCUT2D eigenvalue weighted by molar-refractivity contribution is -0.115. The van der Waals surface area contributed by atoms with Crippen LogP contribution in [0.25, 0.3) is 0 Å². The van der Waals surface area contributed by atoms with Crippen LogP contribution in [0.15, 0.2) is 18.2 Å². The maximum Gasteiger partial charge on any atom is 0.225 e. The molecular weight excluding hydrogens is 288 g/mol. The Balaban J connectivity index is 1.80. The number of amides is 1. The fourth-order valence-corrected chi connectivity index (χ4v) is 3.78. The summed E-state index contributed by atoms with van der Waals surface area (Å²) in [5, 5.41) is 3.01. The summed E-state index contributed by atoms with van der Waals surface area (Å²) in [6, 6.07) is 5.36. The molecular formula is C15H22N2O3S. The molecule has 1 amide bonds. The van der Waals surface area contributed by atoms with Crippen LogP contribution in [0.1, 0.15) is 24.8 Å². The summed E-state index contributed by atoms with van der Waals surface area (Å²) in [6.45, 7) is 3.24. The summed E-state index contributed by atoms with van der Waals surface area (Å²) in [5.74, 6) is 0.299. The van der Waals surface area contributed by atoms with Crippen molar-refractivity contribution in [3.05, 3.63) is 23.8 Å². The van der Waals surface area contributed by atoms with Gasteiger partial charge in [-0.1, -0.05) is 0 Å². The van der Waals surface area contributed by atoms with Crippen LogP contribution in [0.5, 0.6) is 0 Å². The maximum atomic E-state index is 12.1. The van der Waals surface area contributed by atoms with Crippen LogP contribution < -0.4 is 11.1 Å². The molecule has 1 aromatic rings. The van der Waals surface area contributed by atoms with Crippen LogP contribution in [0.3, 0.4) is 0 Å². The average molecular weight is 310 g/mol. The molecule has 0 aliphatic carbocycles. The minimum atomic E-state index is -0.955. The highest BCUT2D eigenvalue weighted by Gasteiger charge is 2.20. The number of benzene rings is 1. The zero-order valence-electron chi connectivity index (χ0n) is 12.3. The van der Waals surface area contributed by atoms with E-state index in [-0.39, 0.29) is 17.6 Å². The summed E-state index contributed by atoms with van der Waals surface area (Å²) in [5.41, 5.74) is 8.03. The Morgan fingerprint density at radius 2 is 2.14 bits per heavy atom. The van der Waals surface area contributed by atoms with Gasteiger partial charge in [0.05, 0.1) is 0 Å². The van der Waals surface area contributed by atoms with Gasteiger partial charge in [0.2, 0.25) is 5.91 Å². The first-order valence-corrected chi connectivity index (χ1v) is 8.55. The van der Waals surface area contributed by atoms with E-state index in [4.69, 9.17) is 10.5 Å². The molecule has 0 spiro atoms. The Kier molecular flexibility index (Phi) is 5.76. The number of nitrogens with two attached hydrogens (primary N) is 1. The highest BCUT2D eigenvalue weighted by molar-refractivity contribution is 7.85. The van der Waals surface area contributed by atoms with E-state index in [0.29, 0.717) is 24.7 Å². The van der Waals surface area contributed by atoms with Gasteiger partial charge in [-0.2, -0.15) is 0 Å². The van der Waals surface area contributed by atoms with Crippen molar-refractivity contribution in [3.63, 3.8) is 0 Å². The molecule has 21 heavy (non-hydrogen) atoms. The van der Waals surface area contributed by atoms with Crippen molar-refractivity contribution in [1.82, 2.24) is 0 Å². The molecule has 1 unspecified atom stereocenters. The van der Waals surface area contributed by atoms with Gasteiger partial charge >= 0.3 is 0 Å². The van der Waals surface area contributed by atoms with E-state index < -0.39 is 10.8 Å². The number of anilines is 2. The monoisotopic (exact) mass is 310 g/mol. The largest absolute Gasteiger partial charge is 0.399 e. The lowest BCUT2D eigenvalue weighted by atomic mass is 10.2. The van der Waals surface area contributed by atoms with Crippen molar-refractivity contribution in [1.29, 1.82) is 0 Å². The first kappa shape index (κ1) is 16.0. The summed E-state index contributed by atoms with van der Waals surface area (Å²) in [6.07, 6.45) is 1.92. The molecule has 0 saturated carbocycles. The predicted molar refractivity (Wildman–Crippen MR) is 85.7 cm³/mol. The second kappa shape index (κ2) is 7.56.